The van der Waals surface area contributed by atoms with Crippen LogP contribution < -0.4 is 5.32 Å². The van der Waals surface area contributed by atoms with Gasteiger partial charge in [0.25, 0.3) is 0 Å². The Balaban J connectivity index is 1.28. The van der Waals surface area contributed by atoms with E-state index in [4.69, 9.17) is 4.74 Å². The number of nitrogens with zero attached hydrogens (tertiary/aromatic N) is 1. The van der Waals surface area contributed by atoms with Crippen molar-refractivity contribution in [2.75, 3.05) is 26.2 Å². The lowest BCUT2D eigenvalue weighted by Crippen LogP contribution is -2.42. The Morgan fingerprint density at radius 1 is 1.03 bits per heavy atom. The summed E-state index contributed by atoms with van der Waals surface area (Å²) in [6, 6.07) is 9.81. The minimum absolute atomic E-state index is 0.0106. The van der Waals surface area contributed by atoms with Crippen LogP contribution in [0.4, 0.5) is 0 Å². The maximum absolute atomic E-state index is 12.4. The number of hydrogen-bond donors (Lipinski definition) is 1. The summed E-state index contributed by atoms with van der Waals surface area (Å²) in [5.74, 6) is 0.151. The smallest absolute Gasteiger partial charge is 0.246 e. The first-order valence-corrected chi connectivity index (χ1v) is 11.1. The molecule has 0 atom stereocenters. The summed E-state index contributed by atoms with van der Waals surface area (Å²) in [4.78, 5) is 26.6. The molecular formula is C24H34N2O3. The van der Waals surface area contributed by atoms with Gasteiger partial charge in [-0.15, -0.1) is 0 Å². The molecule has 2 aliphatic rings. The zero-order valence-corrected chi connectivity index (χ0v) is 17.4. The van der Waals surface area contributed by atoms with Crippen molar-refractivity contribution in [3.8, 4) is 0 Å². The van der Waals surface area contributed by atoms with E-state index in [-0.39, 0.29) is 17.7 Å². The van der Waals surface area contributed by atoms with Gasteiger partial charge in [0.05, 0.1) is 6.10 Å². The fourth-order valence-electron chi connectivity index (χ4n) is 4.11. The molecule has 1 heterocycles. The van der Waals surface area contributed by atoms with E-state index in [1.807, 2.05) is 41.3 Å². The number of ether oxygens (including phenoxy) is 1. The van der Waals surface area contributed by atoms with Crippen molar-refractivity contribution in [3.05, 3.63) is 42.0 Å². The van der Waals surface area contributed by atoms with Gasteiger partial charge >= 0.3 is 0 Å². The third-order valence-electron chi connectivity index (χ3n) is 5.92. The quantitative estimate of drug-likeness (QED) is 0.535. The number of benzene rings is 1. The molecule has 0 bridgehead atoms. The second-order valence-electron chi connectivity index (χ2n) is 8.12. The summed E-state index contributed by atoms with van der Waals surface area (Å²) in [5.41, 5.74) is 1.02. The lowest BCUT2D eigenvalue weighted by molar-refractivity contribution is -0.132. The fourth-order valence-corrected chi connectivity index (χ4v) is 4.11. The van der Waals surface area contributed by atoms with E-state index in [1.54, 1.807) is 6.08 Å². The van der Waals surface area contributed by atoms with Crippen molar-refractivity contribution in [3.63, 3.8) is 0 Å². The van der Waals surface area contributed by atoms with Crippen LogP contribution in [-0.4, -0.2) is 49.1 Å². The number of rotatable bonds is 8. The highest BCUT2D eigenvalue weighted by Gasteiger charge is 2.26. The summed E-state index contributed by atoms with van der Waals surface area (Å²) in [5, 5.41) is 3.04. The lowest BCUT2D eigenvalue weighted by atomic mass is 9.95. The third kappa shape index (κ3) is 7.32. The minimum atomic E-state index is 0.0106. The molecule has 5 nitrogen and oxygen atoms in total. The number of carbonyl (C=O) groups excluding carboxylic acids is 2. The number of piperidine rings is 1. The average Bonchev–Trinajstić information content (AvgIpc) is 2.78. The van der Waals surface area contributed by atoms with E-state index >= 15 is 0 Å². The molecule has 3 rings (SSSR count). The van der Waals surface area contributed by atoms with Crippen LogP contribution in [0.25, 0.3) is 6.08 Å². The zero-order chi connectivity index (χ0) is 20.3. The molecule has 2 fully saturated rings. The maximum atomic E-state index is 12.4. The summed E-state index contributed by atoms with van der Waals surface area (Å²) in [7, 11) is 0. The van der Waals surface area contributed by atoms with Crippen LogP contribution in [0, 0.1) is 5.92 Å². The zero-order valence-electron chi connectivity index (χ0n) is 17.4. The molecule has 1 aromatic rings. The van der Waals surface area contributed by atoms with Gasteiger partial charge in [0.15, 0.2) is 0 Å². The highest BCUT2D eigenvalue weighted by molar-refractivity contribution is 5.92. The Hall–Kier alpha value is -2.14. The Labute approximate surface area is 174 Å². The van der Waals surface area contributed by atoms with Gasteiger partial charge in [-0.2, -0.15) is 0 Å². The molecule has 1 saturated heterocycles. The minimum Gasteiger partial charge on any atom is -0.378 e. The fraction of sp³-hybridized carbons (Fsp3) is 0.583. The van der Waals surface area contributed by atoms with E-state index in [2.05, 4.69) is 5.32 Å². The number of carbonyl (C=O) groups is 2. The Kier molecular flexibility index (Phi) is 8.75. The van der Waals surface area contributed by atoms with Crippen LogP contribution in [0.1, 0.15) is 56.9 Å². The first-order chi connectivity index (χ1) is 14.2. The highest BCUT2D eigenvalue weighted by atomic mass is 16.5. The van der Waals surface area contributed by atoms with Gasteiger partial charge in [0, 0.05) is 38.2 Å². The molecular weight excluding hydrogens is 364 g/mol. The Morgan fingerprint density at radius 2 is 1.76 bits per heavy atom. The van der Waals surface area contributed by atoms with E-state index in [0.717, 1.165) is 31.4 Å². The van der Waals surface area contributed by atoms with Crippen molar-refractivity contribution in [2.24, 2.45) is 5.92 Å². The molecule has 1 aliphatic heterocycles. The van der Waals surface area contributed by atoms with E-state index in [0.29, 0.717) is 25.7 Å². The van der Waals surface area contributed by atoms with Gasteiger partial charge in [-0.05, 0) is 43.7 Å². The average molecular weight is 399 g/mol. The summed E-state index contributed by atoms with van der Waals surface area (Å²) in [6.45, 7) is 2.68. The molecule has 1 saturated carbocycles. The maximum Gasteiger partial charge on any atom is 0.246 e. The van der Waals surface area contributed by atoms with Crippen molar-refractivity contribution in [1.82, 2.24) is 10.2 Å². The van der Waals surface area contributed by atoms with Gasteiger partial charge in [-0.25, -0.2) is 0 Å². The molecule has 1 aliphatic carbocycles. The van der Waals surface area contributed by atoms with Crippen molar-refractivity contribution >= 4 is 17.9 Å². The van der Waals surface area contributed by atoms with Gasteiger partial charge in [-0.3, -0.25) is 9.59 Å². The van der Waals surface area contributed by atoms with Gasteiger partial charge < -0.3 is 15.0 Å². The molecule has 0 spiro atoms. The lowest BCUT2D eigenvalue weighted by Gasteiger charge is -2.30. The normalized spacial score (nSPS) is 18.8. The van der Waals surface area contributed by atoms with Crippen molar-refractivity contribution in [2.45, 2.75) is 57.5 Å². The van der Waals surface area contributed by atoms with E-state index < -0.39 is 0 Å². The molecule has 2 amide bonds. The standard InChI is InChI=1S/C24H34N2O3/c27-23(13-12-20-8-3-1-4-9-20)26-17-14-21(15-18-26)24(28)25-16-7-19-29-22-10-5-2-6-11-22/h1,3-4,8-9,12-13,21-22H,2,5-7,10-11,14-19H2,(H,25,28)/b13-12+. The number of amides is 2. The second kappa shape index (κ2) is 11.8. The largest absolute Gasteiger partial charge is 0.378 e. The number of hydrogen-bond acceptors (Lipinski definition) is 3. The second-order valence-corrected chi connectivity index (χ2v) is 8.12. The third-order valence-corrected chi connectivity index (χ3v) is 5.92. The monoisotopic (exact) mass is 398 g/mol. The Morgan fingerprint density at radius 3 is 2.48 bits per heavy atom. The molecule has 1 aromatic carbocycles. The Bertz CT molecular complexity index is 660. The molecule has 158 valence electrons. The van der Waals surface area contributed by atoms with Crippen molar-refractivity contribution in [1.29, 1.82) is 0 Å². The van der Waals surface area contributed by atoms with Gasteiger partial charge in [0.1, 0.15) is 0 Å². The van der Waals surface area contributed by atoms with Crippen LogP contribution >= 0.6 is 0 Å². The first kappa shape index (κ1) is 21.6. The van der Waals surface area contributed by atoms with E-state index in [9.17, 15) is 9.59 Å². The molecule has 29 heavy (non-hydrogen) atoms. The van der Waals surface area contributed by atoms with Crippen LogP contribution in [0.3, 0.4) is 0 Å². The molecule has 0 unspecified atom stereocenters. The van der Waals surface area contributed by atoms with E-state index in [1.165, 1.54) is 32.1 Å². The van der Waals surface area contributed by atoms with Gasteiger partial charge in [-0.1, -0.05) is 49.6 Å². The van der Waals surface area contributed by atoms with Crippen molar-refractivity contribution < 1.29 is 14.3 Å². The predicted octanol–water partition coefficient (Wildman–Crippen LogP) is 3.79. The van der Waals surface area contributed by atoms with Crippen LogP contribution in [-0.2, 0) is 14.3 Å². The van der Waals surface area contributed by atoms with Crippen LogP contribution in [0.2, 0.25) is 0 Å². The summed E-state index contributed by atoms with van der Waals surface area (Å²) < 4.78 is 5.90. The van der Waals surface area contributed by atoms with Crippen LogP contribution in [0.5, 0.6) is 0 Å². The number of likely N-dealkylation sites (tertiary alicyclic amines) is 1. The topological polar surface area (TPSA) is 58.6 Å². The molecule has 0 aromatic heterocycles. The summed E-state index contributed by atoms with van der Waals surface area (Å²) >= 11 is 0. The number of nitrogens with one attached hydrogen (secondary N) is 1. The SMILES string of the molecule is O=C(NCCCOC1CCCCC1)C1CCN(C(=O)/C=C/c2ccccc2)CC1. The molecule has 5 heteroatoms. The summed E-state index contributed by atoms with van der Waals surface area (Å²) in [6.07, 6.45) is 12.5. The molecule has 0 radical (unpaired) electrons. The van der Waals surface area contributed by atoms with Crippen LogP contribution in [0.15, 0.2) is 36.4 Å². The predicted molar refractivity (Wildman–Crippen MR) is 115 cm³/mol. The first-order valence-electron chi connectivity index (χ1n) is 11.1. The molecule has 1 N–H and O–H groups in total. The highest BCUT2D eigenvalue weighted by Crippen LogP contribution is 2.20. The van der Waals surface area contributed by atoms with Gasteiger partial charge in [0.2, 0.25) is 11.8 Å².